The van der Waals surface area contributed by atoms with E-state index in [4.69, 9.17) is 9.84 Å². The smallest absolute Gasteiger partial charge is 0.303 e. The Bertz CT molecular complexity index is 1570. The lowest BCUT2D eigenvalue weighted by Gasteiger charge is -2.18. The number of fused-ring (bicyclic) bond motifs is 2. The minimum Gasteiger partial charge on any atom is -0.489 e. The summed E-state index contributed by atoms with van der Waals surface area (Å²) in [5.74, 6) is -0.477. The molecule has 0 spiro atoms. The van der Waals surface area contributed by atoms with Crippen molar-refractivity contribution in [3.05, 3.63) is 107 Å². The van der Waals surface area contributed by atoms with E-state index in [0.717, 1.165) is 51.4 Å². The first-order valence-electron chi connectivity index (χ1n) is 13.8. The van der Waals surface area contributed by atoms with E-state index in [1.165, 1.54) is 0 Å². The fraction of sp³-hybridized carbons (Fsp3) is 0.265. The second-order valence-electron chi connectivity index (χ2n) is 10.4. The number of aliphatic carboxylic acids is 1. The van der Waals surface area contributed by atoms with Crippen LogP contribution in [-0.2, 0) is 29.0 Å². The zero-order chi connectivity index (χ0) is 28.1. The highest BCUT2D eigenvalue weighted by molar-refractivity contribution is 6.00. The molecule has 1 unspecified atom stereocenters. The molecule has 2 N–H and O–H groups in total. The predicted molar refractivity (Wildman–Crippen MR) is 156 cm³/mol. The zero-order valence-electron chi connectivity index (χ0n) is 22.6. The Kier molecular flexibility index (Phi) is 8.25. The van der Waals surface area contributed by atoms with E-state index in [2.05, 4.69) is 5.32 Å². The lowest BCUT2D eigenvalue weighted by molar-refractivity contribution is -0.137. The number of carbonyl (C=O) groups is 3. The summed E-state index contributed by atoms with van der Waals surface area (Å²) in [4.78, 5) is 36.7. The molecule has 0 saturated carbocycles. The summed E-state index contributed by atoms with van der Waals surface area (Å²) in [6.07, 6.45) is 3.39. The van der Waals surface area contributed by atoms with Crippen LogP contribution in [0, 0.1) is 0 Å². The fourth-order valence-electron chi connectivity index (χ4n) is 5.37. The van der Waals surface area contributed by atoms with Crippen molar-refractivity contribution >= 4 is 34.1 Å². The van der Waals surface area contributed by atoms with Crippen molar-refractivity contribution in [2.75, 3.05) is 5.32 Å². The maximum Gasteiger partial charge on any atom is 0.303 e. The van der Waals surface area contributed by atoms with Crippen LogP contribution in [0.15, 0.2) is 78.9 Å². The number of ether oxygens (including phenoxy) is 1. The number of nitrogens with one attached hydrogen (secondary N) is 1. The third-order valence-corrected chi connectivity index (χ3v) is 7.58. The molecule has 4 aromatic rings. The summed E-state index contributed by atoms with van der Waals surface area (Å²) in [7, 11) is 0. The second kappa shape index (κ2) is 12.2. The van der Waals surface area contributed by atoms with E-state index in [9.17, 15) is 14.4 Å². The number of aryl methyl sites for hydroxylation is 2. The number of hydrogen-bond acceptors (Lipinski definition) is 4. The van der Waals surface area contributed by atoms with Crippen molar-refractivity contribution in [3.63, 3.8) is 0 Å². The van der Waals surface area contributed by atoms with Gasteiger partial charge in [0.15, 0.2) is 5.78 Å². The molecule has 0 aromatic heterocycles. The Hall–Kier alpha value is -4.45. The van der Waals surface area contributed by atoms with Crippen LogP contribution in [0.25, 0.3) is 10.8 Å². The Morgan fingerprint density at radius 1 is 0.975 bits per heavy atom. The minimum absolute atomic E-state index is 0.0610. The normalized spacial score (nSPS) is 13.5. The van der Waals surface area contributed by atoms with E-state index >= 15 is 0 Å². The maximum atomic E-state index is 13.5. The van der Waals surface area contributed by atoms with Gasteiger partial charge in [-0.1, -0.05) is 54.6 Å². The van der Waals surface area contributed by atoms with Gasteiger partial charge < -0.3 is 15.2 Å². The fourth-order valence-corrected chi connectivity index (χ4v) is 5.37. The molecule has 1 aliphatic carbocycles. The largest absolute Gasteiger partial charge is 0.489 e. The molecular formula is C34H33NO5. The van der Waals surface area contributed by atoms with E-state index in [0.29, 0.717) is 37.3 Å². The van der Waals surface area contributed by atoms with Crippen LogP contribution < -0.4 is 10.1 Å². The number of amides is 1. The summed E-state index contributed by atoms with van der Waals surface area (Å²) < 4.78 is 6.07. The molecule has 1 atom stereocenters. The highest BCUT2D eigenvalue weighted by Crippen LogP contribution is 2.29. The molecule has 0 aliphatic heterocycles. The van der Waals surface area contributed by atoms with Crippen LogP contribution in [0.3, 0.4) is 0 Å². The standard InChI is InChI=1S/C34H33NO5/c1-22(28-12-4-8-24-7-2-3-11-29(24)28)34(39)35-31-19-23(15-16-25(31)9-6-14-33(37)38)21-40-27-17-18-30-26(20-27)10-5-13-32(30)36/h2-4,7-8,11-12,15-20,22H,5-6,9-10,13-14,21H2,1H3,(H,35,39)(H,37,38). The Morgan fingerprint density at radius 2 is 1.80 bits per heavy atom. The number of rotatable bonds is 10. The van der Waals surface area contributed by atoms with Crippen LogP contribution >= 0.6 is 0 Å². The van der Waals surface area contributed by atoms with Gasteiger partial charge in [0.2, 0.25) is 5.91 Å². The molecule has 0 fully saturated rings. The van der Waals surface area contributed by atoms with Gasteiger partial charge in [0.1, 0.15) is 12.4 Å². The van der Waals surface area contributed by atoms with Crippen molar-refractivity contribution < 1.29 is 24.2 Å². The van der Waals surface area contributed by atoms with E-state index in [-0.39, 0.29) is 18.1 Å². The Labute approximate surface area is 234 Å². The molecular weight excluding hydrogens is 502 g/mol. The van der Waals surface area contributed by atoms with E-state index in [1.807, 2.05) is 85.8 Å². The summed E-state index contributed by atoms with van der Waals surface area (Å²) in [5, 5.41) is 14.3. The average molecular weight is 536 g/mol. The van der Waals surface area contributed by atoms with E-state index in [1.54, 1.807) is 0 Å². The highest BCUT2D eigenvalue weighted by Gasteiger charge is 2.20. The number of Topliss-reactive ketones (excluding diaryl/α,β-unsaturated/α-hetero) is 1. The predicted octanol–water partition coefficient (Wildman–Crippen LogP) is 7.09. The summed E-state index contributed by atoms with van der Waals surface area (Å²) >= 11 is 0. The average Bonchev–Trinajstić information content (AvgIpc) is 2.96. The summed E-state index contributed by atoms with van der Waals surface area (Å²) in [6.45, 7) is 2.19. The molecule has 1 amide bonds. The molecule has 204 valence electrons. The van der Waals surface area contributed by atoms with Gasteiger partial charge in [0, 0.05) is 24.1 Å². The molecule has 4 aromatic carbocycles. The number of carboxylic acids is 1. The van der Waals surface area contributed by atoms with Crippen LogP contribution in [-0.4, -0.2) is 22.8 Å². The SMILES string of the molecule is CC(C(=O)Nc1cc(COc2ccc3c(c2)CCCC3=O)ccc1CCCC(=O)O)c1cccc2ccccc12. The van der Waals surface area contributed by atoms with Crippen LogP contribution in [0.5, 0.6) is 5.75 Å². The molecule has 0 saturated heterocycles. The molecule has 5 rings (SSSR count). The van der Waals surface area contributed by atoms with Gasteiger partial charge in [-0.25, -0.2) is 0 Å². The number of ketones is 1. The highest BCUT2D eigenvalue weighted by atomic mass is 16.5. The molecule has 40 heavy (non-hydrogen) atoms. The number of carbonyl (C=O) groups excluding carboxylic acids is 2. The maximum absolute atomic E-state index is 13.5. The number of hydrogen-bond donors (Lipinski definition) is 2. The van der Waals surface area contributed by atoms with Gasteiger partial charge in [-0.15, -0.1) is 0 Å². The third kappa shape index (κ3) is 6.23. The summed E-state index contributed by atoms with van der Waals surface area (Å²) in [5.41, 5.74) is 5.19. The second-order valence-corrected chi connectivity index (χ2v) is 10.4. The van der Waals surface area contributed by atoms with Crippen molar-refractivity contribution in [1.29, 1.82) is 0 Å². The Morgan fingerprint density at radius 3 is 2.65 bits per heavy atom. The number of anilines is 1. The lowest BCUT2D eigenvalue weighted by Crippen LogP contribution is -2.20. The first kappa shape index (κ1) is 27.1. The van der Waals surface area contributed by atoms with Crippen LogP contribution in [0.2, 0.25) is 0 Å². The molecule has 6 nitrogen and oxygen atoms in total. The number of carboxylic acid groups (broad SMARTS) is 1. The molecule has 1 aliphatic rings. The van der Waals surface area contributed by atoms with Crippen molar-refractivity contribution in [2.45, 2.75) is 58.0 Å². The molecule has 0 bridgehead atoms. The molecule has 0 heterocycles. The van der Waals surface area contributed by atoms with Gasteiger partial charge in [0.05, 0.1) is 5.92 Å². The topological polar surface area (TPSA) is 92.7 Å². The van der Waals surface area contributed by atoms with Gasteiger partial charge in [-0.05, 0) is 89.9 Å². The molecule has 6 heteroatoms. The number of benzene rings is 4. The van der Waals surface area contributed by atoms with Gasteiger partial charge in [-0.3, -0.25) is 14.4 Å². The Balaban J connectivity index is 1.35. The van der Waals surface area contributed by atoms with Crippen molar-refractivity contribution in [3.8, 4) is 5.75 Å². The monoisotopic (exact) mass is 535 g/mol. The molecule has 0 radical (unpaired) electrons. The quantitative estimate of drug-likeness (QED) is 0.226. The summed E-state index contributed by atoms with van der Waals surface area (Å²) in [6, 6.07) is 25.4. The van der Waals surface area contributed by atoms with E-state index < -0.39 is 11.9 Å². The van der Waals surface area contributed by atoms with Gasteiger partial charge >= 0.3 is 5.97 Å². The third-order valence-electron chi connectivity index (χ3n) is 7.58. The van der Waals surface area contributed by atoms with Gasteiger partial charge in [-0.2, -0.15) is 0 Å². The first-order valence-corrected chi connectivity index (χ1v) is 13.8. The van der Waals surface area contributed by atoms with Crippen LogP contribution in [0.1, 0.15) is 71.1 Å². The van der Waals surface area contributed by atoms with Crippen molar-refractivity contribution in [1.82, 2.24) is 0 Å². The minimum atomic E-state index is -0.841. The first-order chi connectivity index (χ1) is 19.4. The lowest BCUT2D eigenvalue weighted by atomic mass is 9.90. The zero-order valence-corrected chi connectivity index (χ0v) is 22.6. The van der Waals surface area contributed by atoms with Crippen LogP contribution in [0.4, 0.5) is 5.69 Å². The van der Waals surface area contributed by atoms with Crippen molar-refractivity contribution in [2.24, 2.45) is 0 Å². The van der Waals surface area contributed by atoms with Gasteiger partial charge in [0.25, 0.3) is 0 Å².